The van der Waals surface area contributed by atoms with E-state index in [1.807, 2.05) is 13.8 Å². The van der Waals surface area contributed by atoms with Crippen LogP contribution in [0.25, 0.3) is 0 Å². The van der Waals surface area contributed by atoms with Crippen LogP contribution in [0.2, 0.25) is 0 Å². The number of anilines is 1. The molecule has 0 bridgehead atoms. The Morgan fingerprint density at radius 2 is 1.48 bits per heavy atom. The minimum Gasteiger partial charge on any atom is -0.465 e. The van der Waals surface area contributed by atoms with Crippen LogP contribution in [0.4, 0.5) is 5.69 Å². The van der Waals surface area contributed by atoms with Gasteiger partial charge in [0.2, 0.25) is 11.8 Å². The van der Waals surface area contributed by atoms with Crippen molar-refractivity contribution in [1.82, 2.24) is 0 Å². The summed E-state index contributed by atoms with van der Waals surface area (Å²) in [5, 5.41) is 0. The minimum atomic E-state index is -0.445. The first-order chi connectivity index (χ1) is 10.9. The number of imide groups is 1. The topological polar surface area (TPSA) is 63.7 Å². The standard InChI is InChI=1S/C18H19NO4/c1-10-8-14-15(9-11(10)2)17(21)19(16(14)20)13-6-4-12(5-7-13)18(22)23-3/h4-7,14-15H,8-9H2,1-3H3/t14-,15-/m1/s1. The van der Waals surface area contributed by atoms with Crippen LogP contribution in [-0.2, 0) is 14.3 Å². The summed E-state index contributed by atoms with van der Waals surface area (Å²) in [7, 11) is 1.31. The number of hydrogen-bond acceptors (Lipinski definition) is 4. The van der Waals surface area contributed by atoms with E-state index in [1.165, 1.54) is 23.2 Å². The number of fused-ring (bicyclic) bond motifs is 1. The van der Waals surface area contributed by atoms with Crippen LogP contribution in [0, 0.1) is 11.8 Å². The highest BCUT2D eigenvalue weighted by molar-refractivity contribution is 6.22. The van der Waals surface area contributed by atoms with Gasteiger partial charge in [-0.2, -0.15) is 0 Å². The number of hydrogen-bond donors (Lipinski definition) is 0. The van der Waals surface area contributed by atoms with Gasteiger partial charge in [-0.25, -0.2) is 4.79 Å². The highest BCUT2D eigenvalue weighted by atomic mass is 16.5. The summed E-state index contributed by atoms with van der Waals surface area (Å²) in [6, 6.07) is 6.37. The van der Waals surface area contributed by atoms with Gasteiger partial charge in [-0.05, 0) is 51.0 Å². The van der Waals surface area contributed by atoms with E-state index in [2.05, 4.69) is 4.74 Å². The fraction of sp³-hybridized carbons (Fsp3) is 0.389. The van der Waals surface area contributed by atoms with Crippen LogP contribution in [0.1, 0.15) is 37.0 Å². The van der Waals surface area contributed by atoms with Gasteiger partial charge in [-0.3, -0.25) is 14.5 Å². The number of nitrogens with zero attached hydrogens (tertiary/aromatic N) is 1. The molecular weight excluding hydrogens is 294 g/mol. The average Bonchev–Trinajstić information content (AvgIpc) is 2.78. The van der Waals surface area contributed by atoms with E-state index in [-0.39, 0.29) is 23.7 Å². The number of carbonyl (C=O) groups excluding carboxylic acids is 3. The molecule has 5 heteroatoms. The van der Waals surface area contributed by atoms with Crippen molar-refractivity contribution in [2.45, 2.75) is 26.7 Å². The number of ether oxygens (including phenoxy) is 1. The van der Waals surface area contributed by atoms with Crippen molar-refractivity contribution in [2.75, 3.05) is 12.0 Å². The first kappa shape index (κ1) is 15.5. The number of esters is 1. The first-order valence-corrected chi connectivity index (χ1v) is 7.65. The fourth-order valence-electron chi connectivity index (χ4n) is 3.37. The molecule has 1 aromatic rings. The lowest BCUT2D eigenvalue weighted by Gasteiger charge is -2.23. The largest absolute Gasteiger partial charge is 0.465 e. The molecule has 1 aliphatic carbocycles. The lowest BCUT2D eigenvalue weighted by Crippen LogP contribution is -2.30. The predicted octanol–water partition coefficient (Wildman–Crippen LogP) is 2.71. The van der Waals surface area contributed by atoms with Crippen LogP contribution < -0.4 is 4.90 Å². The highest BCUT2D eigenvalue weighted by Crippen LogP contribution is 2.42. The van der Waals surface area contributed by atoms with Crippen molar-refractivity contribution in [1.29, 1.82) is 0 Å². The molecule has 23 heavy (non-hydrogen) atoms. The van der Waals surface area contributed by atoms with Crippen molar-refractivity contribution in [3.63, 3.8) is 0 Å². The van der Waals surface area contributed by atoms with Gasteiger partial charge in [-0.15, -0.1) is 0 Å². The van der Waals surface area contributed by atoms with Crippen LogP contribution >= 0.6 is 0 Å². The molecule has 0 spiro atoms. The Kier molecular flexibility index (Phi) is 3.80. The molecule has 0 saturated carbocycles. The Labute approximate surface area is 134 Å². The molecule has 0 radical (unpaired) electrons. The van der Waals surface area contributed by atoms with Crippen molar-refractivity contribution in [3.8, 4) is 0 Å². The van der Waals surface area contributed by atoms with E-state index < -0.39 is 5.97 Å². The lowest BCUT2D eigenvalue weighted by atomic mass is 9.78. The van der Waals surface area contributed by atoms with Gasteiger partial charge in [0, 0.05) is 0 Å². The summed E-state index contributed by atoms with van der Waals surface area (Å²) in [5.41, 5.74) is 3.31. The molecule has 3 rings (SSSR count). The van der Waals surface area contributed by atoms with Gasteiger partial charge in [0.1, 0.15) is 0 Å². The molecule has 2 amide bonds. The van der Waals surface area contributed by atoms with Gasteiger partial charge in [0.05, 0.1) is 30.2 Å². The highest BCUT2D eigenvalue weighted by Gasteiger charge is 2.49. The molecule has 2 aliphatic rings. The third-order valence-corrected chi connectivity index (χ3v) is 4.89. The maximum absolute atomic E-state index is 12.7. The molecule has 5 nitrogen and oxygen atoms in total. The third-order valence-electron chi connectivity index (χ3n) is 4.89. The maximum atomic E-state index is 12.7. The van der Waals surface area contributed by atoms with E-state index in [0.717, 1.165) is 0 Å². The molecular formula is C18H19NO4. The second-order valence-electron chi connectivity index (χ2n) is 6.23. The SMILES string of the molecule is COC(=O)c1ccc(N2C(=O)[C@@H]3CC(C)=C(C)C[C@H]3C2=O)cc1. The molecule has 120 valence electrons. The van der Waals surface area contributed by atoms with Gasteiger partial charge >= 0.3 is 5.97 Å². The van der Waals surface area contributed by atoms with E-state index in [9.17, 15) is 14.4 Å². The van der Waals surface area contributed by atoms with Crippen LogP contribution in [0.3, 0.4) is 0 Å². The predicted molar refractivity (Wildman–Crippen MR) is 84.9 cm³/mol. The average molecular weight is 313 g/mol. The van der Waals surface area contributed by atoms with Crippen molar-refractivity contribution >= 4 is 23.5 Å². The first-order valence-electron chi connectivity index (χ1n) is 7.65. The molecule has 0 N–H and O–H groups in total. The van der Waals surface area contributed by atoms with Gasteiger partial charge in [-0.1, -0.05) is 11.1 Å². The van der Waals surface area contributed by atoms with Crippen LogP contribution in [0.5, 0.6) is 0 Å². The monoisotopic (exact) mass is 313 g/mol. The summed E-state index contributed by atoms with van der Waals surface area (Å²) in [5.74, 6) is -1.24. The summed E-state index contributed by atoms with van der Waals surface area (Å²) >= 11 is 0. The Morgan fingerprint density at radius 1 is 1.00 bits per heavy atom. The van der Waals surface area contributed by atoms with Gasteiger partial charge in [0.25, 0.3) is 0 Å². The fourth-order valence-corrected chi connectivity index (χ4v) is 3.37. The van der Waals surface area contributed by atoms with Crippen LogP contribution in [-0.4, -0.2) is 24.9 Å². The maximum Gasteiger partial charge on any atom is 0.337 e. The van der Waals surface area contributed by atoms with E-state index in [1.54, 1.807) is 24.3 Å². The zero-order chi connectivity index (χ0) is 16.7. The molecule has 1 heterocycles. The molecule has 0 aromatic heterocycles. The number of benzene rings is 1. The molecule has 1 saturated heterocycles. The lowest BCUT2D eigenvalue weighted by molar-refractivity contribution is -0.122. The number of methoxy groups -OCH3 is 1. The summed E-state index contributed by atoms with van der Waals surface area (Å²) in [4.78, 5) is 38.1. The smallest absolute Gasteiger partial charge is 0.337 e. The Morgan fingerprint density at radius 3 is 1.91 bits per heavy atom. The van der Waals surface area contributed by atoms with Gasteiger partial charge in [0.15, 0.2) is 0 Å². The molecule has 0 unspecified atom stereocenters. The van der Waals surface area contributed by atoms with Crippen molar-refractivity contribution in [2.24, 2.45) is 11.8 Å². The van der Waals surface area contributed by atoms with Crippen LogP contribution in [0.15, 0.2) is 35.4 Å². The second-order valence-corrected chi connectivity index (χ2v) is 6.23. The number of carbonyl (C=O) groups is 3. The molecule has 1 aliphatic heterocycles. The van der Waals surface area contributed by atoms with Crippen molar-refractivity contribution in [3.05, 3.63) is 41.0 Å². The number of rotatable bonds is 2. The quantitative estimate of drug-likeness (QED) is 0.478. The van der Waals surface area contributed by atoms with E-state index >= 15 is 0 Å². The number of amides is 2. The zero-order valence-electron chi connectivity index (χ0n) is 13.5. The van der Waals surface area contributed by atoms with E-state index in [4.69, 9.17) is 0 Å². The normalized spacial score (nSPS) is 24.0. The molecule has 1 fully saturated rings. The van der Waals surface area contributed by atoms with E-state index in [0.29, 0.717) is 24.1 Å². The minimum absolute atomic E-state index is 0.141. The summed E-state index contributed by atoms with van der Waals surface area (Å²) in [6.07, 6.45) is 1.30. The summed E-state index contributed by atoms with van der Waals surface area (Å²) in [6.45, 7) is 4.05. The van der Waals surface area contributed by atoms with Gasteiger partial charge < -0.3 is 4.74 Å². The Balaban J connectivity index is 1.89. The Bertz CT molecular complexity index is 685. The zero-order valence-corrected chi connectivity index (χ0v) is 13.5. The second kappa shape index (κ2) is 5.65. The summed E-state index contributed by atoms with van der Waals surface area (Å²) < 4.78 is 4.65. The molecule has 2 atom stereocenters. The number of allylic oxidation sites excluding steroid dienone is 2. The molecule has 1 aromatic carbocycles. The van der Waals surface area contributed by atoms with Crippen molar-refractivity contribution < 1.29 is 19.1 Å². The Hall–Kier alpha value is -2.43. The third kappa shape index (κ3) is 2.46.